The maximum Gasteiger partial charge on any atom is 0.309 e. The Morgan fingerprint density at radius 2 is 2.05 bits per heavy atom. The normalized spacial score (nSPS) is 17.9. The molecule has 1 aromatic rings. The lowest BCUT2D eigenvalue weighted by atomic mass is 9.80. The fourth-order valence-corrected chi connectivity index (χ4v) is 2.34. The van der Waals surface area contributed by atoms with Gasteiger partial charge >= 0.3 is 5.97 Å². The molecular weight excluding hydrogens is 287 g/mol. The molecule has 2 heterocycles. The van der Waals surface area contributed by atoms with Gasteiger partial charge < -0.3 is 10.0 Å². The van der Waals surface area contributed by atoms with Gasteiger partial charge in [-0.1, -0.05) is 11.6 Å². The van der Waals surface area contributed by atoms with Gasteiger partial charge in [0.15, 0.2) is 0 Å². The number of hydrogen-bond donors (Lipinski definition) is 1. The molecular formula is C13H14ClFN2O3. The Hall–Kier alpha value is -1.69. The van der Waals surface area contributed by atoms with Gasteiger partial charge in [0.25, 0.3) is 5.91 Å². The van der Waals surface area contributed by atoms with E-state index < -0.39 is 23.1 Å². The molecule has 1 aliphatic rings. The molecule has 5 nitrogen and oxygen atoms in total. The minimum absolute atomic E-state index is 0.00518. The maximum atomic E-state index is 13.1. The summed E-state index contributed by atoms with van der Waals surface area (Å²) >= 11 is 5.80. The number of likely N-dealkylation sites (tertiary alicyclic amines) is 1. The Labute approximate surface area is 120 Å². The summed E-state index contributed by atoms with van der Waals surface area (Å²) in [4.78, 5) is 28.5. The van der Waals surface area contributed by atoms with E-state index in [0.29, 0.717) is 25.9 Å². The van der Waals surface area contributed by atoms with Gasteiger partial charge in [-0.3, -0.25) is 9.59 Å². The number of halogens is 2. The van der Waals surface area contributed by atoms with Crippen LogP contribution in [0.2, 0.25) is 5.15 Å². The fourth-order valence-electron chi connectivity index (χ4n) is 2.16. The van der Waals surface area contributed by atoms with Crippen LogP contribution < -0.4 is 0 Å². The van der Waals surface area contributed by atoms with Crippen LogP contribution in [0.25, 0.3) is 0 Å². The van der Waals surface area contributed by atoms with Crippen LogP contribution in [0.1, 0.15) is 30.1 Å². The lowest BCUT2D eigenvalue weighted by Gasteiger charge is -2.36. The van der Waals surface area contributed by atoms with E-state index in [1.54, 1.807) is 6.92 Å². The van der Waals surface area contributed by atoms with E-state index in [1.165, 1.54) is 4.90 Å². The predicted molar refractivity (Wildman–Crippen MR) is 70.1 cm³/mol. The zero-order valence-electron chi connectivity index (χ0n) is 10.9. The number of amides is 1. The third-order valence-corrected chi connectivity index (χ3v) is 4.01. The summed E-state index contributed by atoms with van der Waals surface area (Å²) in [5.41, 5.74) is -0.814. The van der Waals surface area contributed by atoms with Gasteiger partial charge in [0.05, 0.1) is 17.2 Å². The molecule has 0 unspecified atom stereocenters. The Morgan fingerprint density at radius 3 is 2.60 bits per heavy atom. The number of aromatic nitrogens is 1. The van der Waals surface area contributed by atoms with E-state index in [9.17, 15) is 14.0 Å². The predicted octanol–water partition coefficient (Wildman–Crippen LogP) is 2.20. The lowest BCUT2D eigenvalue weighted by Crippen LogP contribution is -2.45. The number of rotatable bonds is 2. The monoisotopic (exact) mass is 300 g/mol. The fraction of sp³-hybridized carbons (Fsp3) is 0.462. The van der Waals surface area contributed by atoms with Crippen LogP contribution in [0.5, 0.6) is 0 Å². The Morgan fingerprint density at radius 1 is 1.45 bits per heavy atom. The first-order valence-corrected chi connectivity index (χ1v) is 6.55. The molecule has 0 spiro atoms. The van der Waals surface area contributed by atoms with Crippen LogP contribution in [0.15, 0.2) is 12.3 Å². The summed E-state index contributed by atoms with van der Waals surface area (Å²) in [5.74, 6) is -1.92. The highest BCUT2D eigenvalue weighted by Crippen LogP contribution is 2.32. The molecule has 108 valence electrons. The molecule has 0 saturated carbocycles. The quantitative estimate of drug-likeness (QED) is 0.850. The van der Waals surface area contributed by atoms with Crippen molar-refractivity contribution in [2.24, 2.45) is 5.41 Å². The number of carboxylic acid groups (broad SMARTS) is 1. The van der Waals surface area contributed by atoms with Crippen molar-refractivity contribution in [3.63, 3.8) is 0 Å². The molecule has 0 aromatic carbocycles. The highest BCUT2D eigenvalue weighted by atomic mass is 35.5. The molecule has 1 saturated heterocycles. The molecule has 2 rings (SSSR count). The summed E-state index contributed by atoms with van der Waals surface area (Å²) in [5, 5.41) is 9.08. The van der Waals surface area contributed by atoms with Crippen molar-refractivity contribution in [3.05, 3.63) is 28.8 Å². The van der Waals surface area contributed by atoms with E-state index in [-0.39, 0.29) is 10.7 Å². The smallest absolute Gasteiger partial charge is 0.309 e. The summed E-state index contributed by atoms with van der Waals surface area (Å²) in [6, 6.07) is 1.04. The molecule has 1 aromatic heterocycles. The first-order valence-electron chi connectivity index (χ1n) is 6.17. The average Bonchev–Trinajstić information content (AvgIpc) is 2.41. The standard InChI is InChI=1S/C13H14ClFN2O3/c1-13(12(19)20)2-4-17(5-3-13)11(18)9-6-8(15)7-16-10(9)14/h6-7H,2-5H2,1H3,(H,19,20). The van der Waals surface area contributed by atoms with Crippen molar-refractivity contribution in [3.8, 4) is 0 Å². The number of aliphatic carboxylic acids is 1. The van der Waals surface area contributed by atoms with Gasteiger partial charge in [0.1, 0.15) is 11.0 Å². The van der Waals surface area contributed by atoms with Gasteiger partial charge in [0.2, 0.25) is 0 Å². The van der Waals surface area contributed by atoms with E-state index in [0.717, 1.165) is 12.3 Å². The first kappa shape index (κ1) is 14.7. The zero-order chi connectivity index (χ0) is 14.9. The van der Waals surface area contributed by atoms with Crippen LogP contribution in [-0.4, -0.2) is 40.0 Å². The Bertz CT molecular complexity index is 557. The van der Waals surface area contributed by atoms with E-state index in [1.807, 2.05) is 0 Å². The summed E-state index contributed by atoms with van der Waals surface area (Å²) in [6.07, 6.45) is 1.65. The van der Waals surface area contributed by atoms with Gasteiger partial charge in [0, 0.05) is 13.1 Å². The number of carbonyl (C=O) groups is 2. The van der Waals surface area contributed by atoms with Crippen molar-refractivity contribution in [2.45, 2.75) is 19.8 Å². The highest BCUT2D eigenvalue weighted by molar-refractivity contribution is 6.32. The molecule has 1 amide bonds. The van der Waals surface area contributed by atoms with Crippen LogP contribution >= 0.6 is 11.6 Å². The van der Waals surface area contributed by atoms with Gasteiger partial charge in [-0.25, -0.2) is 9.37 Å². The minimum atomic E-state index is -0.866. The van der Waals surface area contributed by atoms with Crippen molar-refractivity contribution in [2.75, 3.05) is 13.1 Å². The third-order valence-electron chi connectivity index (χ3n) is 3.71. The number of carboxylic acids is 1. The molecule has 7 heteroatoms. The second-order valence-electron chi connectivity index (χ2n) is 5.15. The average molecular weight is 301 g/mol. The molecule has 1 fully saturated rings. The largest absolute Gasteiger partial charge is 0.481 e. The van der Waals surface area contributed by atoms with Crippen molar-refractivity contribution in [1.82, 2.24) is 9.88 Å². The molecule has 1 aliphatic heterocycles. The number of nitrogens with zero attached hydrogens (tertiary/aromatic N) is 2. The third kappa shape index (κ3) is 2.75. The molecule has 0 bridgehead atoms. The SMILES string of the molecule is CC1(C(=O)O)CCN(C(=O)c2cc(F)cnc2Cl)CC1. The number of piperidine rings is 1. The minimum Gasteiger partial charge on any atom is -0.481 e. The van der Waals surface area contributed by atoms with E-state index in [4.69, 9.17) is 16.7 Å². The molecule has 0 atom stereocenters. The van der Waals surface area contributed by atoms with Crippen molar-refractivity contribution < 1.29 is 19.1 Å². The topological polar surface area (TPSA) is 70.5 Å². The van der Waals surface area contributed by atoms with Crippen molar-refractivity contribution >= 4 is 23.5 Å². The molecule has 0 radical (unpaired) electrons. The lowest BCUT2D eigenvalue weighted by molar-refractivity contribution is -0.150. The number of carbonyl (C=O) groups excluding carboxylic acids is 1. The second-order valence-corrected chi connectivity index (χ2v) is 5.51. The van der Waals surface area contributed by atoms with Gasteiger partial charge in [-0.2, -0.15) is 0 Å². The van der Waals surface area contributed by atoms with Crippen molar-refractivity contribution in [1.29, 1.82) is 0 Å². The molecule has 0 aliphatic carbocycles. The zero-order valence-corrected chi connectivity index (χ0v) is 11.7. The first-order chi connectivity index (χ1) is 9.33. The number of hydrogen-bond acceptors (Lipinski definition) is 3. The summed E-state index contributed by atoms with van der Waals surface area (Å²) < 4.78 is 13.1. The van der Waals surface area contributed by atoms with Crippen LogP contribution in [0.4, 0.5) is 4.39 Å². The molecule has 20 heavy (non-hydrogen) atoms. The number of pyridine rings is 1. The van der Waals surface area contributed by atoms with Gasteiger partial charge in [-0.15, -0.1) is 0 Å². The van der Waals surface area contributed by atoms with E-state index in [2.05, 4.69) is 4.98 Å². The van der Waals surface area contributed by atoms with Crippen LogP contribution in [0, 0.1) is 11.2 Å². The Kier molecular flexibility index (Phi) is 3.94. The van der Waals surface area contributed by atoms with Crippen LogP contribution in [0.3, 0.4) is 0 Å². The molecule has 1 N–H and O–H groups in total. The van der Waals surface area contributed by atoms with E-state index >= 15 is 0 Å². The Balaban J connectivity index is 2.13. The summed E-state index contributed by atoms with van der Waals surface area (Å²) in [6.45, 7) is 2.26. The maximum absolute atomic E-state index is 13.1. The highest BCUT2D eigenvalue weighted by Gasteiger charge is 2.38. The summed E-state index contributed by atoms with van der Waals surface area (Å²) in [7, 11) is 0. The second kappa shape index (κ2) is 5.36. The van der Waals surface area contributed by atoms with Crippen LogP contribution in [-0.2, 0) is 4.79 Å². The van der Waals surface area contributed by atoms with Gasteiger partial charge in [-0.05, 0) is 25.8 Å².